The first-order valence-electron chi connectivity index (χ1n) is 10.2. The van der Waals surface area contributed by atoms with Gasteiger partial charge in [0.25, 0.3) is 0 Å². The van der Waals surface area contributed by atoms with Gasteiger partial charge >= 0.3 is 0 Å². The van der Waals surface area contributed by atoms with Crippen molar-refractivity contribution in [2.75, 3.05) is 18.5 Å². The van der Waals surface area contributed by atoms with Crippen LogP contribution < -0.4 is 20.1 Å². The van der Waals surface area contributed by atoms with Crippen LogP contribution in [0.5, 0.6) is 11.5 Å². The summed E-state index contributed by atoms with van der Waals surface area (Å²) >= 11 is 5.23. The van der Waals surface area contributed by atoms with Gasteiger partial charge in [-0.3, -0.25) is 4.79 Å². The Bertz CT molecular complexity index is 753. The van der Waals surface area contributed by atoms with Crippen molar-refractivity contribution in [2.45, 2.75) is 45.4 Å². The fourth-order valence-electron chi connectivity index (χ4n) is 2.74. The Balaban J connectivity index is 1.67. The highest BCUT2D eigenvalue weighted by Gasteiger charge is 2.05. The van der Waals surface area contributed by atoms with Gasteiger partial charge in [0.05, 0.1) is 0 Å². The monoisotopic (exact) mass is 414 g/mol. The highest BCUT2D eigenvalue weighted by atomic mass is 32.1. The smallest absolute Gasteiger partial charge is 0.226 e. The number of ether oxygens (including phenoxy) is 2. The molecule has 2 rings (SSSR count). The first-order valence-corrected chi connectivity index (χ1v) is 10.6. The maximum Gasteiger partial charge on any atom is 0.226 e. The summed E-state index contributed by atoms with van der Waals surface area (Å²) in [7, 11) is 0. The summed E-state index contributed by atoms with van der Waals surface area (Å²) in [5, 5.41) is 6.06. The number of benzene rings is 2. The van der Waals surface area contributed by atoms with Gasteiger partial charge in [0.2, 0.25) is 5.91 Å². The molecule has 156 valence electrons. The average molecular weight is 415 g/mol. The van der Waals surface area contributed by atoms with Crippen molar-refractivity contribution in [3.8, 4) is 11.5 Å². The third-order valence-electron chi connectivity index (χ3n) is 4.22. The number of nitrogens with one attached hydrogen (secondary N) is 2. The van der Waals surface area contributed by atoms with E-state index in [1.807, 2.05) is 54.6 Å². The lowest BCUT2D eigenvalue weighted by Crippen LogP contribution is -2.33. The normalized spacial score (nSPS) is 10.2. The molecule has 5 nitrogen and oxygen atoms in total. The second-order valence-corrected chi connectivity index (χ2v) is 7.11. The molecule has 0 atom stereocenters. The Kier molecular flexibility index (Phi) is 10.6. The number of carbonyl (C=O) groups is 1. The minimum atomic E-state index is -0.0514. The molecule has 0 aromatic heterocycles. The van der Waals surface area contributed by atoms with E-state index in [4.69, 9.17) is 21.7 Å². The molecule has 0 aliphatic carbocycles. The number of thiocarbonyl (C=S) groups is 1. The van der Waals surface area contributed by atoms with Crippen LogP contribution in [0.4, 0.5) is 5.69 Å². The lowest BCUT2D eigenvalue weighted by atomic mass is 10.1. The zero-order valence-corrected chi connectivity index (χ0v) is 17.8. The molecular formula is C23H30N2O3S. The van der Waals surface area contributed by atoms with Crippen molar-refractivity contribution < 1.29 is 14.3 Å². The van der Waals surface area contributed by atoms with Gasteiger partial charge in [-0.15, -0.1) is 0 Å². The van der Waals surface area contributed by atoms with E-state index < -0.39 is 0 Å². The Morgan fingerprint density at radius 2 is 1.59 bits per heavy atom. The van der Waals surface area contributed by atoms with E-state index in [0.717, 1.165) is 24.3 Å². The van der Waals surface area contributed by atoms with Gasteiger partial charge in [-0.05, 0) is 42.9 Å². The minimum absolute atomic E-state index is 0.0514. The summed E-state index contributed by atoms with van der Waals surface area (Å²) in [6.45, 7) is 3.06. The zero-order valence-electron chi connectivity index (χ0n) is 17.0. The summed E-state index contributed by atoms with van der Waals surface area (Å²) in [5.41, 5.74) is 0.764. The molecule has 0 aliphatic rings. The van der Waals surface area contributed by atoms with Crippen molar-refractivity contribution in [3.05, 3.63) is 54.6 Å². The molecule has 0 bridgehead atoms. The second kappa shape index (κ2) is 13.6. The molecule has 0 saturated heterocycles. The van der Waals surface area contributed by atoms with Crippen LogP contribution in [0.15, 0.2) is 54.6 Å². The summed E-state index contributed by atoms with van der Waals surface area (Å²) in [6, 6.07) is 17.1. The van der Waals surface area contributed by atoms with Crippen LogP contribution in [-0.2, 0) is 4.79 Å². The van der Waals surface area contributed by atoms with E-state index in [1.54, 1.807) is 0 Å². The summed E-state index contributed by atoms with van der Waals surface area (Å²) in [4.78, 5) is 12.0. The highest BCUT2D eigenvalue weighted by Crippen LogP contribution is 2.17. The van der Waals surface area contributed by atoms with Gasteiger partial charge in [0, 0.05) is 18.2 Å². The lowest BCUT2D eigenvalue weighted by molar-refractivity contribution is -0.119. The molecule has 0 spiro atoms. The molecule has 0 radical (unpaired) electrons. The maximum atomic E-state index is 12.0. The SMILES string of the molecule is CCCCCCCC(=O)NC(=S)Nc1cccc(OCCOc2ccccc2)c1. The fourth-order valence-corrected chi connectivity index (χ4v) is 2.97. The van der Waals surface area contributed by atoms with E-state index in [-0.39, 0.29) is 5.91 Å². The first-order chi connectivity index (χ1) is 14.2. The Hall–Kier alpha value is -2.60. The van der Waals surface area contributed by atoms with Crippen molar-refractivity contribution >= 4 is 28.9 Å². The molecule has 6 heteroatoms. The predicted octanol–water partition coefficient (Wildman–Crippen LogP) is 5.32. The van der Waals surface area contributed by atoms with E-state index in [0.29, 0.717) is 30.5 Å². The summed E-state index contributed by atoms with van der Waals surface area (Å²) in [5.74, 6) is 1.47. The van der Waals surface area contributed by atoms with E-state index in [9.17, 15) is 4.79 Å². The van der Waals surface area contributed by atoms with Gasteiger partial charge in [0.1, 0.15) is 24.7 Å². The molecule has 0 fully saturated rings. The number of unbranched alkanes of at least 4 members (excludes halogenated alkanes) is 4. The number of hydrogen-bond acceptors (Lipinski definition) is 4. The second-order valence-electron chi connectivity index (χ2n) is 6.70. The Labute approximate surface area is 178 Å². The number of rotatable bonds is 12. The largest absolute Gasteiger partial charge is 0.490 e. The molecule has 0 heterocycles. The van der Waals surface area contributed by atoms with Crippen molar-refractivity contribution in [2.24, 2.45) is 0 Å². The van der Waals surface area contributed by atoms with Gasteiger partial charge < -0.3 is 20.1 Å². The molecule has 2 aromatic carbocycles. The molecule has 0 unspecified atom stereocenters. The van der Waals surface area contributed by atoms with Crippen LogP contribution in [-0.4, -0.2) is 24.2 Å². The molecule has 0 saturated carbocycles. The van der Waals surface area contributed by atoms with Crippen LogP contribution in [0.25, 0.3) is 0 Å². The molecule has 2 aromatic rings. The first kappa shape index (κ1) is 22.7. The summed E-state index contributed by atoms with van der Waals surface area (Å²) < 4.78 is 11.3. The van der Waals surface area contributed by atoms with Gasteiger partial charge in [0.15, 0.2) is 5.11 Å². The van der Waals surface area contributed by atoms with Crippen LogP contribution in [0.1, 0.15) is 45.4 Å². The fraction of sp³-hybridized carbons (Fsp3) is 0.391. The quantitative estimate of drug-likeness (QED) is 0.364. The van der Waals surface area contributed by atoms with E-state index >= 15 is 0 Å². The molecule has 1 amide bonds. The third-order valence-corrected chi connectivity index (χ3v) is 4.42. The van der Waals surface area contributed by atoms with Gasteiger partial charge in [-0.2, -0.15) is 0 Å². The maximum absolute atomic E-state index is 12.0. The molecule has 0 aliphatic heterocycles. The van der Waals surface area contributed by atoms with Gasteiger partial charge in [-0.1, -0.05) is 56.9 Å². The zero-order chi connectivity index (χ0) is 20.7. The van der Waals surface area contributed by atoms with Crippen LogP contribution >= 0.6 is 12.2 Å². The van der Waals surface area contributed by atoms with Crippen molar-refractivity contribution in [1.29, 1.82) is 0 Å². The lowest BCUT2D eigenvalue weighted by Gasteiger charge is -2.12. The van der Waals surface area contributed by atoms with Crippen LogP contribution in [0.3, 0.4) is 0 Å². The molecular weight excluding hydrogens is 384 g/mol. The number of para-hydroxylation sites is 1. The number of carbonyl (C=O) groups excluding carboxylic acids is 1. The molecule has 2 N–H and O–H groups in total. The number of hydrogen-bond donors (Lipinski definition) is 2. The average Bonchev–Trinajstić information content (AvgIpc) is 2.72. The van der Waals surface area contributed by atoms with Gasteiger partial charge in [-0.25, -0.2) is 0 Å². The van der Waals surface area contributed by atoms with Crippen LogP contribution in [0, 0.1) is 0 Å². The number of anilines is 1. The molecule has 29 heavy (non-hydrogen) atoms. The summed E-state index contributed by atoms with van der Waals surface area (Å²) in [6.07, 6.45) is 6.06. The topological polar surface area (TPSA) is 59.6 Å². The Morgan fingerprint density at radius 3 is 2.34 bits per heavy atom. The standard InChI is InChI=1S/C23H30N2O3S/c1-2-3-4-5-9-15-22(26)25-23(29)24-19-11-10-14-21(18-19)28-17-16-27-20-12-7-6-8-13-20/h6-8,10-14,18H,2-5,9,15-17H2,1H3,(H2,24,25,26,29). The Morgan fingerprint density at radius 1 is 0.897 bits per heavy atom. The predicted molar refractivity (Wildman–Crippen MR) is 122 cm³/mol. The highest BCUT2D eigenvalue weighted by molar-refractivity contribution is 7.80. The van der Waals surface area contributed by atoms with Crippen LogP contribution in [0.2, 0.25) is 0 Å². The van der Waals surface area contributed by atoms with E-state index in [1.165, 1.54) is 19.3 Å². The van der Waals surface area contributed by atoms with E-state index in [2.05, 4.69) is 17.6 Å². The minimum Gasteiger partial charge on any atom is -0.490 e. The van der Waals surface area contributed by atoms with Crippen molar-refractivity contribution in [3.63, 3.8) is 0 Å². The van der Waals surface area contributed by atoms with Crippen molar-refractivity contribution in [1.82, 2.24) is 5.32 Å². The third kappa shape index (κ3) is 9.94. The number of amides is 1.